The van der Waals surface area contributed by atoms with E-state index in [2.05, 4.69) is 5.32 Å². The SMILES string of the molecule is O=C1C[C@@H](O)[C@H](c2ccccc2)N1. The minimum Gasteiger partial charge on any atom is -0.390 e. The molecule has 3 heteroatoms. The Labute approximate surface area is 76.4 Å². The van der Waals surface area contributed by atoms with Crippen molar-refractivity contribution in [2.75, 3.05) is 0 Å². The van der Waals surface area contributed by atoms with E-state index in [-0.39, 0.29) is 18.4 Å². The summed E-state index contributed by atoms with van der Waals surface area (Å²) >= 11 is 0. The number of nitrogens with one attached hydrogen (secondary N) is 1. The van der Waals surface area contributed by atoms with Gasteiger partial charge in [0.25, 0.3) is 0 Å². The Balaban J connectivity index is 2.23. The number of aliphatic hydroxyl groups excluding tert-OH is 1. The fourth-order valence-corrected chi connectivity index (χ4v) is 1.60. The molecule has 0 aliphatic carbocycles. The lowest BCUT2D eigenvalue weighted by Gasteiger charge is -2.13. The maximum atomic E-state index is 11.0. The first-order valence-corrected chi connectivity index (χ1v) is 4.30. The molecule has 0 unspecified atom stereocenters. The fourth-order valence-electron chi connectivity index (χ4n) is 1.60. The summed E-state index contributed by atoms with van der Waals surface area (Å²) in [6, 6.07) is 9.28. The van der Waals surface area contributed by atoms with Crippen LogP contribution in [0.2, 0.25) is 0 Å². The third-order valence-corrected chi connectivity index (χ3v) is 2.25. The Hall–Kier alpha value is -1.35. The van der Waals surface area contributed by atoms with Crippen LogP contribution in [0, 0.1) is 0 Å². The van der Waals surface area contributed by atoms with Crippen LogP contribution in [0.5, 0.6) is 0 Å². The van der Waals surface area contributed by atoms with Gasteiger partial charge in [0.1, 0.15) is 0 Å². The van der Waals surface area contributed by atoms with Gasteiger partial charge in [-0.2, -0.15) is 0 Å². The number of rotatable bonds is 1. The monoisotopic (exact) mass is 177 g/mol. The average molecular weight is 177 g/mol. The Morgan fingerprint density at radius 3 is 2.54 bits per heavy atom. The minimum absolute atomic E-state index is 0.0821. The van der Waals surface area contributed by atoms with Crippen molar-refractivity contribution >= 4 is 5.91 Å². The molecule has 1 aliphatic heterocycles. The number of carbonyl (C=O) groups excluding carboxylic acids is 1. The maximum Gasteiger partial charge on any atom is 0.223 e. The summed E-state index contributed by atoms with van der Waals surface area (Å²) in [5, 5.41) is 12.3. The van der Waals surface area contributed by atoms with Crippen molar-refractivity contribution in [1.82, 2.24) is 5.32 Å². The van der Waals surface area contributed by atoms with E-state index in [1.807, 2.05) is 30.3 Å². The molecule has 0 bridgehead atoms. The average Bonchev–Trinajstić information content (AvgIpc) is 2.47. The van der Waals surface area contributed by atoms with Crippen LogP contribution in [0.3, 0.4) is 0 Å². The van der Waals surface area contributed by atoms with E-state index < -0.39 is 6.10 Å². The van der Waals surface area contributed by atoms with E-state index in [4.69, 9.17) is 0 Å². The molecule has 1 heterocycles. The highest BCUT2D eigenvalue weighted by Gasteiger charge is 2.31. The molecule has 1 aromatic carbocycles. The molecule has 1 saturated heterocycles. The molecule has 0 radical (unpaired) electrons. The van der Waals surface area contributed by atoms with Crippen LogP contribution in [0.25, 0.3) is 0 Å². The van der Waals surface area contributed by atoms with Gasteiger partial charge in [-0.05, 0) is 5.56 Å². The third kappa shape index (κ3) is 1.55. The predicted octanol–water partition coefficient (Wildman–Crippen LogP) is 0.608. The maximum absolute atomic E-state index is 11.0. The molecule has 2 atom stereocenters. The molecule has 2 rings (SSSR count). The summed E-state index contributed by atoms with van der Waals surface area (Å²) in [7, 11) is 0. The number of carbonyl (C=O) groups is 1. The van der Waals surface area contributed by atoms with Crippen molar-refractivity contribution in [3.8, 4) is 0 Å². The minimum atomic E-state index is -0.588. The zero-order valence-electron chi connectivity index (χ0n) is 7.10. The van der Waals surface area contributed by atoms with Gasteiger partial charge in [0.15, 0.2) is 0 Å². The topological polar surface area (TPSA) is 49.3 Å². The van der Waals surface area contributed by atoms with Gasteiger partial charge in [-0.15, -0.1) is 0 Å². The van der Waals surface area contributed by atoms with Gasteiger partial charge >= 0.3 is 0 Å². The van der Waals surface area contributed by atoms with Crippen LogP contribution in [-0.4, -0.2) is 17.1 Å². The van der Waals surface area contributed by atoms with Crippen LogP contribution < -0.4 is 5.32 Å². The van der Waals surface area contributed by atoms with Crippen molar-refractivity contribution in [2.45, 2.75) is 18.6 Å². The van der Waals surface area contributed by atoms with Crippen LogP contribution >= 0.6 is 0 Å². The van der Waals surface area contributed by atoms with Gasteiger partial charge in [0, 0.05) is 0 Å². The summed E-state index contributed by atoms with van der Waals surface area (Å²) in [5.41, 5.74) is 0.959. The summed E-state index contributed by atoms with van der Waals surface area (Å²) in [6.45, 7) is 0. The van der Waals surface area contributed by atoms with Crippen molar-refractivity contribution in [3.05, 3.63) is 35.9 Å². The van der Waals surface area contributed by atoms with E-state index in [0.29, 0.717) is 0 Å². The molecular formula is C10H11NO2. The second kappa shape index (κ2) is 3.18. The molecule has 1 aliphatic rings. The summed E-state index contributed by atoms with van der Waals surface area (Å²) < 4.78 is 0. The van der Waals surface area contributed by atoms with E-state index in [1.165, 1.54) is 0 Å². The van der Waals surface area contributed by atoms with Gasteiger partial charge in [0.2, 0.25) is 5.91 Å². The number of hydrogen-bond donors (Lipinski definition) is 2. The molecule has 0 saturated carbocycles. The summed E-state index contributed by atoms with van der Waals surface area (Å²) in [4.78, 5) is 11.0. The molecule has 3 nitrogen and oxygen atoms in total. The smallest absolute Gasteiger partial charge is 0.223 e. The number of aliphatic hydroxyl groups is 1. The molecular weight excluding hydrogens is 166 g/mol. The zero-order valence-corrected chi connectivity index (χ0v) is 7.10. The molecule has 1 aromatic rings. The van der Waals surface area contributed by atoms with Gasteiger partial charge in [-0.3, -0.25) is 4.79 Å². The Morgan fingerprint density at radius 1 is 1.31 bits per heavy atom. The molecule has 68 valence electrons. The number of benzene rings is 1. The lowest BCUT2D eigenvalue weighted by molar-refractivity contribution is -0.119. The molecule has 1 fully saturated rings. The molecule has 0 spiro atoms. The normalized spacial score (nSPS) is 27.3. The van der Waals surface area contributed by atoms with Crippen LogP contribution in [0.15, 0.2) is 30.3 Å². The first-order chi connectivity index (χ1) is 6.27. The van der Waals surface area contributed by atoms with E-state index in [9.17, 15) is 9.90 Å². The molecule has 2 N–H and O–H groups in total. The summed E-state index contributed by atoms with van der Waals surface area (Å²) in [6.07, 6.45) is -0.380. The molecule has 0 aromatic heterocycles. The van der Waals surface area contributed by atoms with Gasteiger partial charge < -0.3 is 10.4 Å². The fraction of sp³-hybridized carbons (Fsp3) is 0.300. The van der Waals surface area contributed by atoms with Crippen LogP contribution in [0.4, 0.5) is 0 Å². The first kappa shape index (κ1) is 8.26. The zero-order chi connectivity index (χ0) is 9.26. The van der Waals surface area contributed by atoms with Gasteiger partial charge in [-0.25, -0.2) is 0 Å². The Morgan fingerprint density at radius 2 is 2.00 bits per heavy atom. The van der Waals surface area contributed by atoms with Crippen molar-refractivity contribution < 1.29 is 9.90 Å². The Bertz CT molecular complexity index is 310. The third-order valence-electron chi connectivity index (χ3n) is 2.25. The lowest BCUT2D eigenvalue weighted by atomic mass is 10.0. The second-order valence-corrected chi connectivity index (χ2v) is 3.23. The standard InChI is InChI=1S/C10H11NO2/c12-8-6-9(13)11-10(8)7-4-2-1-3-5-7/h1-5,8,10,12H,6H2,(H,11,13)/t8-,10+/m1/s1. The Kier molecular flexibility index (Phi) is 2.02. The molecule has 13 heavy (non-hydrogen) atoms. The highest BCUT2D eigenvalue weighted by atomic mass is 16.3. The van der Waals surface area contributed by atoms with Crippen LogP contribution in [0.1, 0.15) is 18.0 Å². The van der Waals surface area contributed by atoms with E-state index in [0.717, 1.165) is 5.56 Å². The number of hydrogen-bond acceptors (Lipinski definition) is 2. The quantitative estimate of drug-likeness (QED) is 0.660. The van der Waals surface area contributed by atoms with E-state index in [1.54, 1.807) is 0 Å². The van der Waals surface area contributed by atoms with Gasteiger partial charge in [-0.1, -0.05) is 30.3 Å². The highest BCUT2D eigenvalue weighted by molar-refractivity contribution is 5.79. The second-order valence-electron chi connectivity index (χ2n) is 3.23. The summed E-state index contributed by atoms with van der Waals surface area (Å²) in [5.74, 6) is -0.0821. The molecule has 1 amide bonds. The van der Waals surface area contributed by atoms with Crippen molar-refractivity contribution in [2.24, 2.45) is 0 Å². The lowest BCUT2D eigenvalue weighted by Crippen LogP contribution is -2.22. The van der Waals surface area contributed by atoms with Crippen LogP contribution in [-0.2, 0) is 4.79 Å². The van der Waals surface area contributed by atoms with Crippen molar-refractivity contribution in [3.63, 3.8) is 0 Å². The van der Waals surface area contributed by atoms with E-state index >= 15 is 0 Å². The highest BCUT2D eigenvalue weighted by Crippen LogP contribution is 2.23. The van der Waals surface area contributed by atoms with Crippen molar-refractivity contribution in [1.29, 1.82) is 0 Å². The number of amides is 1. The predicted molar refractivity (Wildman–Crippen MR) is 47.9 cm³/mol. The largest absolute Gasteiger partial charge is 0.390 e. The van der Waals surface area contributed by atoms with Gasteiger partial charge in [0.05, 0.1) is 18.6 Å². The first-order valence-electron chi connectivity index (χ1n) is 4.30.